The van der Waals surface area contributed by atoms with Crippen molar-refractivity contribution in [1.82, 2.24) is 10.2 Å². The van der Waals surface area contributed by atoms with Gasteiger partial charge >= 0.3 is 6.61 Å². The number of halogens is 3. The van der Waals surface area contributed by atoms with Crippen molar-refractivity contribution in [2.24, 2.45) is 0 Å². The van der Waals surface area contributed by atoms with Crippen LogP contribution in [0.3, 0.4) is 0 Å². The molecule has 0 atom stereocenters. The quantitative estimate of drug-likeness (QED) is 0.911. The van der Waals surface area contributed by atoms with E-state index in [1.807, 2.05) is 0 Å². The first-order chi connectivity index (χ1) is 9.47. The molecular weight excluding hydrogens is 292 g/mol. The second-order valence-electron chi connectivity index (χ2n) is 3.93. The van der Waals surface area contributed by atoms with Crippen LogP contribution in [0.25, 0.3) is 0 Å². The highest BCUT2D eigenvalue weighted by Crippen LogP contribution is 2.28. The monoisotopic (exact) mass is 301 g/mol. The number of rotatable bonds is 4. The van der Waals surface area contributed by atoms with E-state index >= 15 is 0 Å². The number of hydrogen-bond donors (Lipinski definition) is 2. The SMILES string of the molecule is Cc1ccc(NC(=O)c2[nH]ncc2Cl)c(OC(F)F)c1. The summed E-state index contributed by atoms with van der Waals surface area (Å²) in [4.78, 5) is 11.9. The maximum Gasteiger partial charge on any atom is 0.387 e. The van der Waals surface area contributed by atoms with Crippen LogP contribution < -0.4 is 10.1 Å². The number of benzene rings is 1. The lowest BCUT2D eigenvalue weighted by molar-refractivity contribution is -0.0494. The zero-order valence-corrected chi connectivity index (χ0v) is 11.0. The van der Waals surface area contributed by atoms with Gasteiger partial charge in [0.2, 0.25) is 0 Å². The minimum absolute atomic E-state index is 0.0373. The lowest BCUT2D eigenvalue weighted by Crippen LogP contribution is -2.15. The molecule has 2 rings (SSSR count). The van der Waals surface area contributed by atoms with Gasteiger partial charge in [0.1, 0.15) is 11.4 Å². The van der Waals surface area contributed by atoms with Crippen LogP contribution in [-0.2, 0) is 0 Å². The number of alkyl halides is 2. The fourth-order valence-corrected chi connectivity index (χ4v) is 1.72. The zero-order valence-electron chi connectivity index (χ0n) is 10.3. The minimum Gasteiger partial charge on any atom is -0.433 e. The molecule has 0 aliphatic carbocycles. The van der Waals surface area contributed by atoms with Crippen LogP contribution in [0.2, 0.25) is 5.02 Å². The van der Waals surface area contributed by atoms with Crippen LogP contribution in [0.15, 0.2) is 24.4 Å². The molecule has 1 heterocycles. The fraction of sp³-hybridized carbons (Fsp3) is 0.167. The molecule has 0 aliphatic rings. The first-order valence-corrected chi connectivity index (χ1v) is 5.91. The second kappa shape index (κ2) is 5.87. The maximum absolute atomic E-state index is 12.3. The Morgan fingerprint density at radius 1 is 1.50 bits per heavy atom. The fourth-order valence-electron chi connectivity index (χ4n) is 1.54. The Bertz CT molecular complexity index is 631. The highest BCUT2D eigenvalue weighted by molar-refractivity contribution is 6.34. The zero-order chi connectivity index (χ0) is 14.7. The van der Waals surface area contributed by atoms with Crippen LogP contribution >= 0.6 is 11.6 Å². The van der Waals surface area contributed by atoms with Gasteiger partial charge in [-0.15, -0.1) is 0 Å². The molecule has 1 amide bonds. The Kier molecular flexibility index (Phi) is 4.19. The van der Waals surface area contributed by atoms with Crippen molar-refractivity contribution in [2.75, 3.05) is 5.32 Å². The van der Waals surface area contributed by atoms with E-state index in [4.69, 9.17) is 11.6 Å². The second-order valence-corrected chi connectivity index (χ2v) is 4.33. The first kappa shape index (κ1) is 14.3. The number of hydrogen-bond acceptors (Lipinski definition) is 3. The smallest absolute Gasteiger partial charge is 0.387 e. The van der Waals surface area contributed by atoms with Crippen LogP contribution in [0.1, 0.15) is 16.1 Å². The number of anilines is 1. The maximum atomic E-state index is 12.3. The van der Waals surface area contributed by atoms with E-state index in [2.05, 4.69) is 20.3 Å². The number of carbonyl (C=O) groups excluding carboxylic acids is 1. The summed E-state index contributed by atoms with van der Waals surface area (Å²) in [5.74, 6) is -0.723. The molecule has 0 saturated carbocycles. The molecule has 5 nitrogen and oxygen atoms in total. The third-order valence-corrected chi connectivity index (χ3v) is 2.71. The normalized spacial score (nSPS) is 10.7. The van der Waals surface area contributed by atoms with Gasteiger partial charge in [0.05, 0.1) is 16.9 Å². The molecule has 2 aromatic rings. The van der Waals surface area contributed by atoms with E-state index in [-0.39, 0.29) is 22.2 Å². The van der Waals surface area contributed by atoms with E-state index in [0.29, 0.717) is 0 Å². The van der Waals surface area contributed by atoms with Crippen molar-refractivity contribution in [2.45, 2.75) is 13.5 Å². The molecule has 1 aromatic carbocycles. The molecule has 0 unspecified atom stereocenters. The van der Waals surface area contributed by atoms with Gasteiger partial charge in [-0.25, -0.2) is 0 Å². The summed E-state index contributed by atoms with van der Waals surface area (Å²) in [5, 5.41) is 8.58. The molecule has 0 radical (unpaired) electrons. The molecular formula is C12H10ClF2N3O2. The Balaban J connectivity index is 2.25. The number of amides is 1. The molecule has 0 bridgehead atoms. The molecule has 0 fully saturated rings. The first-order valence-electron chi connectivity index (χ1n) is 5.53. The number of carbonyl (C=O) groups is 1. The van der Waals surface area contributed by atoms with E-state index in [1.165, 1.54) is 18.3 Å². The predicted molar refractivity (Wildman–Crippen MR) is 69.4 cm³/mol. The number of aryl methyl sites for hydroxylation is 1. The van der Waals surface area contributed by atoms with Crippen molar-refractivity contribution >= 4 is 23.2 Å². The van der Waals surface area contributed by atoms with E-state index < -0.39 is 12.5 Å². The van der Waals surface area contributed by atoms with Crippen molar-refractivity contribution in [3.8, 4) is 5.75 Å². The van der Waals surface area contributed by atoms with Crippen molar-refractivity contribution in [1.29, 1.82) is 0 Å². The van der Waals surface area contributed by atoms with Gasteiger partial charge in [0.25, 0.3) is 5.91 Å². The number of H-pyrrole nitrogens is 1. The topological polar surface area (TPSA) is 67.0 Å². The third-order valence-electron chi connectivity index (χ3n) is 2.42. The summed E-state index contributed by atoms with van der Waals surface area (Å²) in [5.41, 5.74) is 0.875. The molecule has 0 aliphatic heterocycles. The van der Waals surface area contributed by atoms with Crippen LogP contribution in [0.4, 0.5) is 14.5 Å². The van der Waals surface area contributed by atoms with Gasteiger partial charge in [-0.05, 0) is 24.6 Å². The number of aromatic amines is 1. The summed E-state index contributed by atoms with van der Waals surface area (Å²) in [7, 11) is 0. The largest absolute Gasteiger partial charge is 0.433 e. The summed E-state index contributed by atoms with van der Waals surface area (Å²) in [6, 6.07) is 4.52. The third kappa shape index (κ3) is 3.24. The van der Waals surface area contributed by atoms with E-state index in [1.54, 1.807) is 13.0 Å². The van der Waals surface area contributed by atoms with Crippen LogP contribution in [0, 0.1) is 6.92 Å². The lowest BCUT2D eigenvalue weighted by atomic mass is 10.2. The standard InChI is InChI=1S/C12H10ClF2N3O2/c1-6-2-3-8(9(4-6)20-12(14)15)17-11(19)10-7(13)5-16-18-10/h2-5,12H,1H3,(H,16,18)(H,17,19). The molecule has 8 heteroatoms. The van der Waals surface area contributed by atoms with Crippen LogP contribution in [-0.4, -0.2) is 22.7 Å². The van der Waals surface area contributed by atoms with E-state index in [0.717, 1.165) is 5.56 Å². The number of aromatic nitrogens is 2. The van der Waals surface area contributed by atoms with Gasteiger partial charge in [0, 0.05) is 0 Å². The highest BCUT2D eigenvalue weighted by atomic mass is 35.5. The summed E-state index contributed by atoms with van der Waals surface area (Å²) >= 11 is 5.74. The van der Waals surface area contributed by atoms with Gasteiger partial charge in [-0.3, -0.25) is 9.89 Å². The molecule has 0 spiro atoms. The van der Waals surface area contributed by atoms with Gasteiger partial charge in [-0.2, -0.15) is 13.9 Å². The number of nitrogens with zero attached hydrogens (tertiary/aromatic N) is 1. The van der Waals surface area contributed by atoms with Crippen LogP contribution in [0.5, 0.6) is 5.75 Å². The Labute approximate surface area is 117 Å². The molecule has 0 saturated heterocycles. The van der Waals surface area contributed by atoms with Gasteiger partial charge < -0.3 is 10.1 Å². The van der Waals surface area contributed by atoms with Crippen molar-refractivity contribution in [3.05, 3.63) is 40.7 Å². The lowest BCUT2D eigenvalue weighted by Gasteiger charge is -2.12. The highest BCUT2D eigenvalue weighted by Gasteiger charge is 2.16. The Morgan fingerprint density at radius 2 is 2.25 bits per heavy atom. The molecule has 1 aromatic heterocycles. The molecule has 106 valence electrons. The number of ether oxygens (including phenoxy) is 1. The van der Waals surface area contributed by atoms with Gasteiger partial charge in [-0.1, -0.05) is 17.7 Å². The predicted octanol–water partition coefficient (Wildman–Crippen LogP) is 3.23. The average Bonchev–Trinajstić information content (AvgIpc) is 2.78. The Hall–Kier alpha value is -2.15. The van der Waals surface area contributed by atoms with Gasteiger partial charge in [0.15, 0.2) is 0 Å². The summed E-state index contributed by atoms with van der Waals surface area (Å²) in [6.45, 7) is -1.27. The summed E-state index contributed by atoms with van der Waals surface area (Å²) in [6.07, 6.45) is 1.27. The molecule has 2 N–H and O–H groups in total. The minimum atomic E-state index is -2.98. The Morgan fingerprint density at radius 3 is 2.85 bits per heavy atom. The molecule has 20 heavy (non-hydrogen) atoms. The number of nitrogens with one attached hydrogen (secondary N) is 2. The van der Waals surface area contributed by atoms with Crippen molar-refractivity contribution < 1.29 is 18.3 Å². The summed E-state index contributed by atoms with van der Waals surface area (Å²) < 4.78 is 29.0. The van der Waals surface area contributed by atoms with E-state index in [9.17, 15) is 13.6 Å². The average molecular weight is 302 g/mol. The van der Waals surface area contributed by atoms with Crippen molar-refractivity contribution in [3.63, 3.8) is 0 Å².